The average molecular weight is 423 g/mol. The molecule has 170 valence electrons. The molecule has 2 atom stereocenters. The van der Waals surface area contributed by atoms with Crippen molar-refractivity contribution in [2.24, 2.45) is 11.7 Å². The molecule has 8 heteroatoms. The van der Waals surface area contributed by atoms with E-state index in [9.17, 15) is 19.5 Å². The molecule has 8 nitrogen and oxygen atoms in total. The topological polar surface area (TPSA) is 125 Å². The van der Waals surface area contributed by atoms with Crippen molar-refractivity contribution in [3.63, 3.8) is 0 Å². The molecule has 3 fully saturated rings. The summed E-state index contributed by atoms with van der Waals surface area (Å²) in [4.78, 5) is 40.2. The number of urea groups is 1. The first-order valence-electron chi connectivity index (χ1n) is 11.7. The molecule has 1 saturated carbocycles. The summed E-state index contributed by atoms with van der Waals surface area (Å²) in [6, 6.07) is -0.968. The van der Waals surface area contributed by atoms with Crippen molar-refractivity contribution in [3.05, 3.63) is 0 Å². The van der Waals surface area contributed by atoms with E-state index < -0.39 is 23.6 Å². The molecule has 30 heavy (non-hydrogen) atoms. The van der Waals surface area contributed by atoms with E-state index in [1.165, 1.54) is 0 Å². The molecule has 0 aromatic heterocycles. The van der Waals surface area contributed by atoms with Gasteiger partial charge in [-0.3, -0.25) is 4.79 Å². The summed E-state index contributed by atoms with van der Waals surface area (Å²) in [6.45, 7) is 2.35. The van der Waals surface area contributed by atoms with Crippen molar-refractivity contribution in [1.29, 1.82) is 0 Å². The van der Waals surface area contributed by atoms with E-state index in [1.807, 2.05) is 11.8 Å². The highest BCUT2D eigenvalue weighted by atomic mass is 16.4. The number of carboxylic acid groups (broad SMARTS) is 1. The first kappa shape index (κ1) is 22.8. The molecule has 3 rings (SSSR count). The van der Waals surface area contributed by atoms with Gasteiger partial charge in [0.15, 0.2) is 0 Å². The number of fused-ring (bicyclic) bond motifs is 2. The fraction of sp³-hybridized carbons (Fsp3) is 0.864. The van der Waals surface area contributed by atoms with Gasteiger partial charge in [-0.2, -0.15) is 0 Å². The minimum absolute atomic E-state index is 0.0181. The van der Waals surface area contributed by atoms with Crippen LogP contribution >= 0.6 is 0 Å². The van der Waals surface area contributed by atoms with Crippen LogP contribution in [-0.4, -0.2) is 58.1 Å². The molecule has 3 aliphatic rings. The lowest BCUT2D eigenvalue weighted by atomic mass is 9.74. The lowest BCUT2D eigenvalue weighted by Gasteiger charge is -2.42. The van der Waals surface area contributed by atoms with Gasteiger partial charge in [0.1, 0.15) is 11.6 Å². The molecular formula is C22H38N4O4. The van der Waals surface area contributed by atoms with Gasteiger partial charge in [-0.1, -0.05) is 19.3 Å². The zero-order valence-corrected chi connectivity index (χ0v) is 18.2. The van der Waals surface area contributed by atoms with Crippen LogP contribution in [0.2, 0.25) is 0 Å². The second-order valence-corrected chi connectivity index (χ2v) is 9.49. The number of hydrogen-bond donors (Lipinski definition) is 4. The smallest absolute Gasteiger partial charge is 0.326 e. The molecule has 0 aromatic rings. The van der Waals surface area contributed by atoms with Crippen LogP contribution in [0.15, 0.2) is 0 Å². The third-order valence-corrected chi connectivity index (χ3v) is 7.48. The number of carboxylic acids is 1. The summed E-state index contributed by atoms with van der Waals surface area (Å²) in [5, 5.41) is 15.0. The number of carbonyl (C=O) groups excluding carboxylic acids is 2. The minimum Gasteiger partial charge on any atom is -0.480 e. The van der Waals surface area contributed by atoms with Crippen LogP contribution in [0.1, 0.15) is 84.0 Å². The minimum atomic E-state index is -1.06. The molecule has 1 aliphatic carbocycles. The third kappa shape index (κ3) is 4.90. The van der Waals surface area contributed by atoms with Crippen molar-refractivity contribution in [1.82, 2.24) is 15.5 Å². The fourth-order valence-corrected chi connectivity index (χ4v) is 5.70. The highest BCUT2D eigenvalue weighted by molar-refractivity contribution is 5.92. The molecule has 2 bridgehead atoms. The van der Waals surface area contributed by atoms with Gasteiger partial charge in [-0.25, -0.2) is 9.59 Å². The molecular weight excluding hydrogens is 384 g/mol. The van der Waals surface area contributed by atoms with E-state index in [1.54, 1.807) is 0 Å². The van der Waals surface area contributed by atoms with Gasteiger partial charge in [0.25, 0.3) is 0 Å². The monoisotopic (exact) mass is 422 g/mol. The maximum Gasteiger partial charge on any atom is 0.326 e. The summed E-state index contributed by atoms with van der Waals surface area (Å²) in [5.74, 6) is -0.972. The van der Waals surface area contributed by atoms with Crippen LogP contribution < -0.4 is 16.4 Å². The zero-order valence-electron chi connectivity index (χ0n) is 18.2. The van der Waals surface area contributed by atoms with Gasteiger partial charge in [-0.05, 0) is 77.2 Å². The maximum atomic E-state index is 13.7. The summed E-state index contributed by atoms with van der Waals surface area (Å²) in [7, 11) is 0. The Balaban J connectivity index is 1.72. The van der Waals surface area contributed by atoms with Crippen LogP contribution in [0.4, 0.5) is 4.79 Å². The summed E-state index contributed by atoms with van der Waals surface area (Å²) in [6.07, 6.45) is 10.9. The SMILES string of the molecule is C[C@@](NC(=O)NC(CCCCN)C(=O)O)(C(=O)N1C2CCC1CC2)C1CCCCC1. The third-order valence-electron chi connectivity index (χ3n) is 7.48. The number of nitrogens with two attached hydrogens (primary N) is 1. The molecule has 5 N–H and O–H groups in total. The lowest BCUT2D eigenvalue weighted by Crippen LogP contribution is -2.65. The van der Waals surface area contributed by atoms with Gasteiger partial charge in [0.05, 0.1) is 0 Å². The second kappa shape index (κ2) is 9.98. The second-order valence-electron chi connectivity index (χ2n) is 9.49. The summed E-state index contributed by atoms with van der Waals surface area (Å²) < 4.78 is 0. The number of aliphatic carboxylic acids is 1. The van der Waals surface area contributed by atoms with E-state index in [0.29, 0.717) is 37.9 Å². The number of nitrogens with one attached hydrogen (secondary N) is 2. The Morgan fingerprint density at radius 3 is 2.17 bits per heavy atom. The maximum absolute atomic E-state index is 13.7. The highest BCUT2D eigenvalue weighted by Gasteiger charge is 2.51. The fourth-order valence-electron chi connectivity index (χ4n) is 5.70. The largest absolute Gasteiger partial charge is 0.480 e. The molecule has 0 aromatic carbocycles. The number of nitrogens with zero attached hydrogens (tertiary/aromatic N) is 1. The number of rotatable bonds is 9. The number of amides is 3. The van der Waals surface area contributed by atoms with Gasteiger partial charge >= 0.3 is 12.0 Å². The van der Waals surface area contributed by atoms with Crippen molar-refractivity contribution in [2.45, 2.75) is 108 Å². The van der Waals surface area contributed by atoms with Crippen LogP contribution in [0.25, 0.3) is 0 Å². The molecule has 2 saturated heterocycles. The molecule has 0 spiro atoms. The summed E-state index contributed by atoms with van der Waals surface area (Å²) in [5.41, 5.74) is 4.49. The average Bonchev–Trinajstić information content (AvgIpc) is 3.33. The Labute approximate surface area is 179 Å². The van der Waals surface area contributed by atoms with E-state index in [2.05, 4.69) is 10.6 Å². The quantitative estimate of drug-likeness (QED) is 0.425. The Kier molecular flexibility index (Phi) is 7.60. The molecule has 3 amide bonds. The van der Waals surface area contributed by atoms with E-state index in [0.717, 1.165) is 57.8 Å². The number of hydrogen-bond acceptors (Lipinski definition) is 4. The van der Waals surface area contributed by atoms with E-state index >= 15 is 0 Å². The van der Waals surface area contributed by atoms with Gasteiger partial charge in [0, 0.05) is 12.1 Å². The standard InChI is InChI=1S/C22H38N4O4/c1-22(15-7-3-2-4-8-15,20(29)26-16-10-11-17(26)13-12-16)25-21(30)24-18(19(27)28)9-5-6-14-23/h15-18H,2-14,23H2,1H3,(H,27,28)(H2,24,25,30)/t16?,17?,18?,22-/m0/s1. The highest BCUT2D eigenvalue weighted by Crippen LogP contribution is 2.42. The Hall–Kier alpha value is -1.83. The number of carbonyl (C=O) groups is 3. The molecule has 1 unspecified atom stereocenters. The predicted molar refractivity (Wildman–Crippen MR) is 114 cm³/mol. The Bertz CT molecular complexity index is 617. The zero-order chi connectivity index (χ0) is 21.7. The van der Waals surface area contributed by atoms with Gasteiger partial charge in [0.2, 0.25) is 5.91 Å². The van der Waals surface area contributed by atoms with Crippen molar-refractivity contribution < 1.29 is 19.5 Å². The van der Waals surface area contributed by atoms with Gasteiger partial charge in [-0.15, -0.1) is 0 Å². The van der Waals surface area contributed by atoms with Crippen molar-refractivity contribution >= 4 is 17.9 Å². The molecule has 2 heterocycles. The first-order valence-corrected chi connectivity index (χ1v) is 11.7. The van der Waals surface area contributed by atoms with E-state index in [4.69, 9.17) is 5.73 Å². The van der Waals surface area contributed by atoms with Crippen LogP contribution in [0.5, 0.6) is 0 Å². The van der Waals surface area contributed by atoms with Crippen molar-refractivity contribution in [3.8, 4) is 0 Å². The van der Waals surface area contributed by atoms with Gasteiger partial charge < -0.3 is 26.4 Å². The summed E-state index contributed by atoms with van der Waals surface area (Å²) >= 11 is 0. The van der Waals surface area contributed by atoms with E-state index in [-0.39, 0.29) is 11.8 Å². The number of unbranched alkanes of at least 4 members (excludes halogenated alkanes) is 1. The molecule has 2 aliphatic heterocycles. The lowest BCUT2D eigenvalue weighted by molar-refractivity contribution is -0.141. The van der Waals surface area contributed by atoms with Crippen LogP contribution in [0.3, 0.4) is 0 Å². The normalized spacial score (nSPS) is 26.8. The van der Waals surface area contributed by atoms with Crippen LogP contribution in [-0.2, 0) is 9.59 Å². The van der Waals surface area contributed by atoms with Crippen LogP contribution in [0, 0.1) is 5.92 Å². The predicted octanol–water partition coefficient (Wildman–Crippen LogP) is 2.36. The Morgan fingerprint density at radius 1 is 1.03 bits per heavy atom. The van der Waals surface area contributed by atoms with Crippen molar-refractivity contribution in [2.75, 3.05) is 6.54 Å². The Morgan fingerprint density at radius 2 is 1.63 bits per heavy atom. The first-order chi connectivity index (χ1) is 14.4. The molecule has 0 radical (unpaired) electrons.